The molecule has 5 heteroatoms. The van der Waals surface area contributed by atoms with Gasteiger partial charge in [0.25, 0.3) is 0 Å². The second-order valence-corrected chi connectivity index (χ2v) is 5.88. The van der Waals surface area contributed by atoms with Crippen LogP contribution >= 0.6 is 0 Å². The summed E-state index contributed by atoms with van der Waals surface area (Å²) in [6, 6.07) is 22.7. The molecule has 0 aliphatic carbocycles. The minimum absolute atomic E-state index is 0.236. The summed E-state index contributed by atoms with van der Waals surface area (Å²) < 4.78 is 2.10. The van der Waals surface area contributed by atoms with E-state index in [1.165, 1.54) is 10.8 Å². The Morgan fingerprint density at radius 3 is 2.67 bits per heavy atom. The first-order valence-corrected chi connectivity index (χ1v) is 7.86. The third kappa shape index (κ3) is 1.81. The Morgan fingerprint density at radius 1 is 0.917 bits per heavy atom. The Hall–Kier alpha value is -3.34. The van der Waals surface area contributed by atoms with Crippen molar-refractivity contribution in [2.45, 2.75) is 6.17 Å². The van der Waals surface area contributed by atoms with Gasteiger partial charge in [-0.05, 0) is 22.9 Å². The van der Waals surface area contributed by atoms with Crippen molar-refractivity contribution in [2.75, 3.05) is 5.32 Å². The van der Waals surface area contributed by atoms with E-state index < -0.39 is 0 Å². The van der Waals surface area contributed by atoms with E-state index in [0.717, 1.165) is 22.5 Å². The van der Waals surface area contributed by atoms with E-state index >= 15 is 0 Å². The number of guanidine groups is 1. The lowest BCUT2D eigenvalue weighted by Crippen LogP contribution is -2.31. The van der Waals surface area contributed by atoms with Crippen LogP contribution in [0.4, 0.5) is 5.95 Å². The van der Waals surface area contributed by atoms with Gasteiger partial charge < -0.3 is 5.73 Å². The van der Waals surface area contributed by atoms with Crippen molar-refractivity contribution in [3.8, 4) is 0 Å². The van der Waals surface area contributed by atoms with Gasteiger partial charge in [-0.2, -0.15) is 0 Å². The Bertz CT molecular complexity index is 1100. The average molecular weight is 313 g/mol. The van der Waals surface area contributed by atoms with E-state index in [4.69, 9.17) is 5.73 Å². The normalized spacial score (nSPS) is 16.7. The summed E-state index contributed by atoms with van der Waals surface area (Å²) in [4.78, 5) is 9.32. The van der Waals surface area contributed by atoms with E-state index in [1.807, 2.05) is 30.3 Å². The van der Waals surface area contributed by atoms with Gasteiger partial charge in [0.05, 0.1) is 11.0 Å². The smallest absolute Gasteiger partial charge is 0.212 e. The van der Waals surface area contributed by atoms with E-state index in [9.17, 15) is 0 Å². The van der Waals surface area contributed by atoms with Gasteiger partial charge in [0.15, 0.2) is 12.1 Å². The van der Waals surface area contributed by atoms with Crippen LogP contribution in [0.25, 0.3) is 21.8 Å². The number of aromatic nitrogens is 2. The summed E-state index contributed by atoms with van der Waals surface area (Å²) in [5.41, 5.74) is 9.10. The molecule has 1 atom stereocenters. The van der Waals surface area contributed by atoms with Crippen molar-refractivity contribution in [3.63, 3.8) is 0 Å². The fourth-order valence-electron chi connectivity index (χ4n) is 3.40. The number of rotatable bonds is 1. The number of nitrogens with two attached hydrogens (primary N) is 1. The molecular weight excluding hydrogens is 298 g/mol. The molecule has 5 nitrogen and oxygen atoms in total. The van der Waals surface area contributed by atoms with Crippen molar-refractivity contribution in [3.05, 3.63) is 72.3 Å². The zero-order valence-electron chi connectivity index (χ0n) is 12.8. The highest BCUT2D eigenvalue weighted by Crippen LogP contribution is 2.35. The standard InChI is InChI=1S/C19H15N5/c20-18-22-17(14-9-5-7-12-6-1-2-8-13(12)14)24-16-11-4-3-10-15(16)21-19(24)23-18/h1-11,17H,(H3,20,21,22,23)/t17-/m1/s1. The predicted octanol–water partition coefficient (Wildman–Crippen LogP) is 3.48. The molecule has 3 aromatic carbocycles. The van der Waals surface area contributed by atoms with Crippen molar-refractivity contribution < 1.29 is 0 Å². The minimum Gasteiger partial charge on any atom is -0.370 e. The van der Waals surface area contributed by atoms with Crippen molar-refractivity contribution in [2.24, 2.45) is 10.7 Å². The first-order chi connectivity index (χ1) is 11.8. The second kappa shape index (κ2) is 4.83. The van der Waals surface area contributed by atoms with Crippen LogP contribution in [-0.2, 0) is 0 Å². The number of nitrogens with one attached hydrogen (secondary N) is 1. The molecule has 3 N–H and O–H groups in total. The van der Waals surface area contributed by atoms with Crippen molar-refractivity contribution in [1.29, 1.82) is 0 Å². The molecule has 0 spiro atoms. The molecule has 24 heavy (non-hydrogen) atoms. The number of imidazole rings is 1. The molecule has 5 rings (SSSR count). The van der Waals surface area contributed by atoms with Gasteiger partial charge >= 0.3 is 0 Å². The maximum Gasteiger partial charge on any atom is 0.212 e. The monoisotopic (exact) mass is 313 g/mol. The molecule has 0 bridgehead atoms. The second-order valence-electron chi connectivity index (χ2n) is 5.88. The van der Waals surface area contributed by atoms with Crippen LogP contribution in [0.5, 0.6) is 0 Å². The largest absolute Gasteiger partial charge is 0.370 e. The molecule has 0 radical (unpaired) electrons. The average Bonchev–Trinajstić information content (AvgIpc) is 2.98. The molecule has 2 heterocycles. The molecule has 0 saturated heterocycles. The van der Waals surface area contributed by atoms with Gasteiger partial charge in [0.1, 0.15) is 0 Å². The molecule has 1 aliphatic rings. The molecule has 0 saturated carbocycles. The van der Waals surface area contributed by atoms with Crippen LogP contribution < -0.4 is 11.1 Å². The minimum atomic E-state index is -0.236. The highest BCUT2D eigenvalue weighted by molar-refractivity contribution is 5.95. The SMILES string of the molecule is NC1=N[C@@H](c2cccc3ccccc23)n2c(nc3ccccc32)N1. The zero-order chi connectivity index (χ0) is 16.1. The van der Waals surface area contributed by atoms with Crippen LogP contribution in [0.3, 0.4) is 0 Å². The van der Waals surface area contributed by atoms with Gasteiger partial charge in [0, 0.05) is 5.56 Å². The van der Waals surface area contributed by atoms with Crippen LogP contribution in [0.2, 0.25) is 0 Å². The molecular formula is C19H15N5. The van der Waals surface area contributed by atoms with E-state index in [0.29, 0.717) is 5.96 Å². The number of hydrogen-bond donors (Lipinski definition) is 2. The molecule has 0 fully saturated rings. The van der Waals surface area contributed by atoms with E-state index in [-0.39, 0.29) is 6.17 Å². The third-order valence-electron chi connectivity index (χ3n) is 4.44. The third-order valence-corrected chi connectivity index (χ3v) is 4.44. The molecule has 0 unspecified atom stereocenters. The van der Waals surface area contributed by atoms with E-state index in [2.05, 4.69) is 56.3 Å². The number of para-hydroxylation sites is 2. The number of fused-ring (bicyclic) bond motifs is 4. The maximum atomic E-state index is 6.03. The van der Waals surface area contributed by atoms with Gasteiger partial charge in [0.2, 0.25) is 5.95 Å². The summed E-state index contributed by atoms with van der Waals surface area (Å²) in [5.74, 6) is 1.11. The van der Waals surface area contributed by atoms with Crippen LogP contribution in [-0.4, -0.2) is 15.5 Å². The lowest BCUT2D eigenvalue weighted by molar-refractivity contribution is 0.630. The quantitative estimate of drug-likeness (QED) is 0.565. The zero-order valence-corrected chi connectivity index (χ0v) is 12.8. The number of benzene rings is 3. The van der Waals surface area contributed by atoms with Gasteiger partial charge in [-0.25, -0.2) is 9.98 Å². The first kappa shape index (κ1) is 13.1. The molecule has 1 aromatic heterocycles. The lowest BCUT2D eigenvalue weighted by Gasteiger charge is -2.24. The fraction of sp³-hybridized carbons (Fsp3) is 0.0526. The Morgan fingerprint density at radius 2 is 1.71 bits per heavy atom. The summed E-state index contributed by atoms with van der Waals surface area (Å²) >= 11 is 0. The summed E-state index contributed by atoms with van der Waals surface area (Å²) in [6.07, 6.45) is -0.236. The number of hydrogen-bond acceptors (Lipinski definition) is 4. The highest BCUT2D eigenvalue weighted by atomic mass is 15.4. The summed E-state index contributed by atoms with van der Waals surface area (Å²) in [7, 11) is 0. The Balaban J connectivity index is 1.83. The highest BCUT2D eigenvalue weighted by Gasteiger charge is 2.25. The van der Waals surface area contributed by atoms with Crippen molar-refractivity contribution in [1.82, 2.24) is 9.55 Å². The van der Waals surface area contributed by atoms with Crippen LogP contribution in [0.1, 0.15) is 11.7 Å². The molecule has 1 aliphatic heterocycles. The van der Waals surface area contributed by atoms with E-state index in [1.54, 1.807) is 0 Å². The van der Waals surface area contributed by atoms with Gasteiger partial charge in [-0.3, -0.25) is 9.88 Å². The Labute approximate surface area is 138 Å². The summed E-state index contributed by atoms with van der Waals surface area (Å²) in [5, 5.41) is 5.44. The topological polar surface area (TPSA) is 68.2 Å². The number of nitrogens with zero attached hydrogens (tertiary/aromatic N) is 3. The molecule has 116 valence electrons. The van der Waals surface area contributed by atoms with Crippen LogP contribution in [0.15, 0.2) is 71.7 Å². The Kier molecular flexibility index (Phi) is 2.64. The predicted molar refractivity (Wildman–Crippen MR) is 97.1 cm³/mol. The summed E-state index contributed by atoms with van der Waals surface area (Å²) in [6.45, 7) is 0. The van der Waals surface area contributed by atoms with Gasteiger partial charge in [-0.15, -0.1) is 0 Å². The van der Waals surface area contributed by atoms with Crippen molar-refractivity contribution >= 4 is 33.7 Å². The van der Waals surface area contributed by atoms with Gasteiger partial charge in [-0.1, -0.05) is 54.6 Å². The molecule has 4 aromatic rings. The first-order valence-electron chi connectivity index (χ1n) is 7.86. The fourth-order valence-corrected chi connectivity index (χ4v) is 3.40. The lowest BCUT2D eigenvalue weighted by atomic mass is 10.0. The van der Waals surface area contributed by atoms with Crippen LogP contribution in [0, 0.1) is 0 Å². The molecule has 0 amide bonds. The number of anilines is 1. The number of aliphatic imine (C=N–C) groups is 1. The maximum absolute atomic E-state index is 6.03.